The van der Waals surface area contributed by atoms with Crippen molar-refractivity contribution in [1.29, 1.82) is 0 Å². The van der Waals surface area contributed by atoms with E-state index in [0.717, 1.165) is 0 Å². The van der Waals surface area contributed by atoms with Crippen molar-refractivity contribution in [2.45, 2.75) is 12.4 Å². The van der Waals surface area contributed by atoms with E-state index in [9.17, 15) is 26.3 Å². The first-order chi connectivity index (χ1) is 7.89. The van der Waals surface area contributed by atoms with Crippen molar-refractivity contribution in [3.63, 3.8) is 0 Å². The topological polar surface area (TPSA) is 26.0 Å². The number of benzene rings is 1. The maximum Gasteiger partial charge on any atom is 0.418 e. The fraction of sp³-hybridized carbons (Fsp3) is 0.250. The van der Waals surface area contributed by atoms with Crippen LogP contribution in [0.3, 0.4) is 0 Å². The number of nitrogen functional groups attached to an aromatic ring is 1. The maximum absolute atomic E-state index is 12.4. The van der Waals surface area contributed by atoms with Crippen LogP contribution in [0, 0.1) is 0 Å². The Morgan fingerprint density at radius 2 is 1.53 bits per heavy atom. The molecule has 0 spiro atoms. The second-order valence-electron chi connectivity index (χ2n) is 2.53. The summed E-state index contributed by atoms with van der Waals surface area (Å²) >= 11 is 0. The van der Waals surface area contributed by atoms with Crippen molar-refractivity contribution in [3.8, 4) is 0 Å². The number of nitrogens with two attached hydrogens (primary N) is 1. The van der Waals surface area contributed by atoms with Gasteiger partial charge in [0.05, 0.1) is 15.2 Å². The van der Waals surface area contributed by atoms with E-state index in [1.807, 2.05) is 0 Å². The lowest BCUT2D eigenvalue weighted by atomic mass is 10.1. The fourth-order valence-electron chi connectivity index (χ4n) is 0.786. The predicted octanol–water partition coefficient (Wildman–Crippen LogP) is 3.31. The molecule has 0 aliphatic carbocycles. The van der Waals surface area contributed by atoms with Gasteiger partial charge in [-0.2, -0.15) is 26.3 Å². The highest BCUT2D eigenvalue weighted by atomic mass is 19.4. The third-order valence-corrected chi connectivity index (χ3v) is 1.41. The minimum atomic E-state index is -5.22. The van der Waals surface area contributed by atoms with Crippen LogP contribution in [0.25, 0.3) is 0 Å². The van der Waals surface area contributed by atoms with Gasteiger partial charge in [0.25, 0.3) is 0 Å². The molecular formula is C8H5F6N. The van der Waals surface area contributed by atoms with Gasteiger partial charge in [-0.15, -0.1) is 0 Å². The third kappa shape index (κ3) is 2.54. The number of anilines is 1. The summed E-state index contributed by atoms with van der Waals surface area (Å²) in [4.78, 5) is 0. The number of alkyl halides is 6. The molecule has 0 radical (unpaired) electrons. The molecule has 0 saturated heterocycles. The van der Waals surface area contributed by atoms with Crippen molar-refractivity contribution in [2.75, 3.05) is 5.73 Å². The van der Waals surface area contributed by atoms with Gasteiger partial charge >= 0.3 is 12.4 Å². The molecule has 0 unspecified atom stereocenters. The summed E-state index contributed by atoms with van der Waals surface area (Å²) in [5.41, 5.74) is -0.523. The Balaban J connectivity index is 3.79. The molecule has 0 aliphatic heterocycles. The molecule has 7 heteroatoms. The molecule has 0 atom stereocenters. The van der Waals surface area contributed by atoms with Crippen LogP contribution in [0.4, 0.5) is 32.0 Å². The average Bonchev–Trinajstić information content (AvgIpc) is 2.10. The number of hydrogen-bond donors (Lipinski definition) is 1. The molecule has 0 saturated carbocycles. The molecule has 0 heterocycles. The van der Waals surface area contributed by atoms with Gasteiger partial charge in [-0.3, -0.25) is 0 Å². The Labute approximate surface area is 84.7 Å². The molecule has 1 aromatic carbocycles. The van der Waals surface area contributed by atoms with Crippen molar-refractivity contribution < 1.29 is 30.5 Å². The molecule has 0 fully saturated rings. The zero-order valence-corrected chi connectivity index (χ0v) is 6.85. The lowest BCUT2D eigenvalue weighted by Crippen LogP contribution is -2.12. The highest BCUT2D eigenvalue weighted by Crippen LogP contribution is 2.37. The summed E-state index contributed by atoms with van der Waals surface area (Å²) in [5, 5.41) is 0. The smallest absolute Gasteiger partial charge is 0.398 e. The van der Waals surface area contributed by atoms with E-state index >= 15 is 0 Å². The Morgan fingerprint density at radius 1 is 1.00 bits per heavy atom. The summed E-state index contributed by atoms with van der Waals surface area (Å²) in [6.07, 6.45) is -10.4. The quantitative estimate of drug-likeness (QED) is 0.539. The summed E-state index contributed by atoms with van der Waals surface area (Å²) < 4.78 is 95.5. The van der Waals surface area contributed by atoms with Crippen LogP contribution in [0.1, 0.15) is 15.2 Å². The van der Waals surface area contributed by atoms with Gasteiger partial charge in [-0.25, -0.2) is 0 Å². The Kier molecular flexibility index (Phi) is 1.73. The SMILES string of the molecule is [2H]c1c([2H])c(C(F)(F)F)c(N)c([2H])c1C(F)(F)F. The number of rotatable bonds is 0. The Bertz CT molecular complexity index is 419. The van der Waals surface area contributed by atoms with Crippen molar-refractivity contribution in [3.05, 3.63) is 29.3 Å². The lowest BCUT2D eigenvalue weighted by Gasteiger charge is -2.12. The van der Waals surface area contributed by atoms with Crippen LogP contribution in [0.2, 0.25) is 0 Å². The first kappa shape index (κ1) is 7.84. The predicted molar refractivity (Wildman–Crippen MR) is 40.9 cm³/mol. The lowest BCUT2D eigenvalue weighted by molar-refractivity contribution is -0.140. The fourth-order valence-corrected chi connectivity index (χ4v) is 0.786. The molecule has 2 N–H and O–H groups in total. The second-order valence-corrected chi connectivity index (χ2v) is 2.53. The molecule has 1 rings (SSSR count). The molecule has 0 aromatic heterocycles. The van der Waals surface area contributed by atoms with Gasteiger partial charge in [0.1, 0.15) is 0 Å². The molecule has 1 aromatic rings. The second kappa shape index (κ2) is 3.32. The molecule has 84 valence electrons. The third-order valence-electron chi connectivity index (χ3n) is 1.41. The first-order valence-corrected chi connectivity index (χ1v) is 3.42. The largest absolute Gasteiger partial charge is 0.418 e. The van der Waals surface area contributed by atoms with Crippen LogP contribution in [-0.4, -0.2) is 0 Å². The number of hydrogen-bond acceptors (Lipinski definition) is 1. The molecule has 0 amide bonds. The van der Waals surface area contributed by atoms with E-state index in [0.29, 0.717) is 0 Å². The molecule has 15 heavy (non-hydrogen) atoms. The van der Waals surface area contributed by atoms with E-state index in [-0.39, 0.29) is 0 Å². The van der Waals surface area contributed by atoms with Gasteiger partial charge in [0, 0.05) is 5.69 Å². The summed E-state index contributed by atoms with van der Waals surface area (Å²) in [6.45, 7) is 0. The summed E-state index contributed by atoms with van der Waals surface area (Å²) in [6, 6.07) is -5.05. The minimum Gasteiger partial charge on any atom is -0.398 e. The highest BCUT2D eigenvalue weighted by molar-refractivity contribution is 5.51. The maximum atomic E-state index is 12.4. The van der Waals surface area contributed by atoms with E-state index in [4.69, 9.17) is 9.85 Å². The van der Waals surface area contributed by atoms with Gasteiger partial charge in [0.15, 0.2) is 0 Å². The van der Waals surface area contributed by atoms with Crippen LogP contribution in [-0.2, 0) is 12.4 Å². The van der Waals surface area contributed by atoms with Gasteiger partial charge in [-0.05, 0) is 18.1 Å². The normalized spacial score (nSPS) is 15.7. The van der Waals surface area contributed by atoms with Crippen LogP contribution < -0.4 is 5.73 Å². The van der Waals surface area contributed by atoms with E-state index in [2.05, 4.69) is 0 Å². The first-order valence-electron chi connectivity index (χ1n) is 4.92. The summed E-state index contributed by atoms with van der Waals surface area (Å²) in [5.74, 6) is 0. The summed E-state index contributed by atoms with van der Waals surface area (Å²) in [7, 11) is 0. The molecule has 0 aliphatic rings. The van der Waals surface area contributed by atoms with E-state index < -0.39 is 47.3 Å². The van der Waals surface area contributed by atoms with Gasteiger partial charge < -0.3 is 5.73 Å². The van der Waals surface area contributed by atoms with E-state index in [1.54, 1.807) is 0 Å². The minimum absolute atomic E-state index is 1.50. The molecule has 0 bridgehead atoms. The van der Waals surface area contributed by atoms with Crippen LogP contribution in [0.15, 0.2) is 18.1 Å². The standard InChI is InChI=1S/C8H5F6N/c9-7(10,11)4-1-2-5(6(15)3-4)8(12,13)14/h1-3H,15H2/i1D,2D,3D. The van der Waals surface area contributed by atoms with Crippen LogP contribution in [0.5, 0.6) is 0 Å². The van der Waals surface area contributed by atoms with Crippen molar-refractivity contribution in [1.82, 2.24) is 0 Å². The molecule has 1 nitrogen and oxygen atoms in total. The average molecular weight is 232 g/mol. The zero-order valence-electron chi connectivity index (χ0n) is 9.85. The highest BCUT2D eigenvalue weighted by Gasteiger charge is 2.36. The van der Waals surface area contributed by atoms with E-state index in [1.165, 1.54) is 0 Å². The Hall–Kier alpha value is -1.40. The number of halogens is 6. The monoisotopic (exact) mass is 232 g/mol. The zero-order chi connectivity index (χ0) is 14.5. The van der Waals surface area contributed by atoms with Crippen LogP contribution >= 0.6 is 0 Å². The van der Waals surface area contributed by atoms with Crippen molar-refractivity contribution >= 4 is 5.69 Å². The van der Waals surface area contributed by atoms with Gasteiger partial charge in [-0.1, -0.05) is 0 Å². The Morgan fingerprint density at radius 3 is 1.93 bits per heavy atom. The van der Waals surface area contributed by atoms with Crippen molar-refractivity contribution in [2.24, 2.45) is 0 Å². The van der Waals surface area contributed by atoms with Gasteiger partial charge in [0.2, 0.25) is 0 Å². The molecular weight excluding hydrogens is 224 g/mol.